The molecule has 1 aliphatic heterocycles. The summed E-state index contributed by atoms with van der Waals surface area (Å²) >= 11 is 6.66. The lowest BCUT2D eigenvalue weighted by molar-refractivity contribution is 0.328. The van der Waals surface area contributed by atoms with Gasteiger partial charge in [0.2, 0.25) is 0 Å². The number of aryl methyl sites for hydroxylation is 1. The second kappa shape index (κ2) is 5.26. The van der Waals surface area contributed by atoms with E-state index in [0.29, 0.717) is 6.61 Å². The highest BCUT2D eigenvalue weighted by Crippen LogP contribution is 2.44. The summed E-state index contributed by atoms with van der Waals surface area (Å²) in [6, 6.07) is 16.8. The molecule has 2 atom stereocenters. The quantitative estimate of drug-likeness (QED) is 0.736. The molecule has 1 heterocycles. The number of fused-ring (bicyclic) bond motifs is 1. The Hall–Kier alpha value is -1.47. The van der Waals surface area contributed by atoms with Crippen LogP contribution >= 0.6 is 11.6 Å². The maximum Gasteiger partial charge on any atom is 0.122 e. The average molecular weight is 273 g/mol. The van der Waals surface area contributed by atoms with Crippen molar-refractivity contribution in [1.29, 1.82) is 0 Å². The zero-order valence-electron chi connectivity index (χ0n) is 11.0. The van der Waals surface area contributed by atoms with Gasteiger partial charge in [-0.25, -0.2) is 0 Å². The molecule has 98 valence electrons. The van der Waals surface area contributed by atoms with Gasteiger partial charge >= 0.3 is 0 Å². The third kappa shape index (κ3) is 2.35. The van der Waals surface area contributed by atoms with Crippen molar-refractivity contribution >= 4 is 11.6 Å². The molecule has 2 aromatic carbocycles. The van der Waals surface area contributed by atoms with Crippen molar-refractivity contribution in [2.45, 2.75) is 24.6 Å². The number of hydrogen-bond donors (Lipinski definition) is 0. The molecule has 0 N–H and O–H groups in total. The smallest absolute Gasteiger partial charge is 0.122 e. The molecule has 2 heteroatoms. The van der Waals surface area contributed by atoms with Gasteiger partial charge < -0.3 is 4.74 Å². The van der Waals surface area contributed by atoms with Crippen molar-refractivity contribution in [2.75, 3.05) is 6.61 Å². The number of halogens is 1. The molecule has 2 unspecified atom stereocenters. The van der Waals surface area contributed by atoms with Gasteiger partial charge in [0.05, 0.1) is 12.0 Å². The first-order valence-electron chi connectivity index (χ1n) is 6.74. The summed E-state index contributed by atoms with van der Waals surface area (Å²) < 4.78 is 5.71. The van der Waals surface area contributed by atoms with E-state index in [2.05, 4.69) is 37.3 Å². The summed E-state index contributed by atoms with van der Waals surface area (Å²) in [5.41, 5.74) is 3.74. The lowest BCUT2D eigenvalue weighted by atomic mass is 9.92. The minimum absolute atomic E-state index is 0.0328. The molecule has 0 aromatic heterocycles. The Morgan fingerprint density at radius 3 is 2.63 bits per heavy atom. The monoisotopic (exact) mass is 272 g/mol. The predicted octanol–water partition coefficient (Wildman–Crippen LogP) is 4.71. The molecule has 1 aliphatic rings. The molecule has 0 saturated carbocycles. The van der Waals surface area contributed by atoms with Crippen molar-refractivity contribution in [2.24, 2.45) is 0 Å². The first-order valence-corrected chi connectivity index (χ1v) is 7.18. The van der Waals surface area contributed by atoms with Crippen molar-refractivity contribution in [3.63, 3.8) is 0 Å². The van der Waals surface area contributed by atoms with Crippen LogP contribution in [0.1, 0.15) is 34.9 Å². The summed E-state index contributed by atoms with van der Waals surface area (Å²) in [6.45, 7) is 2.83. The van der Waals surface area contributed by atoms with Crippen LogP contribution in [0, 0.1) is 0 Å². The SMILES string of the molecule is CCc1ccc(C(Cl)C2COc3ccccc32)cc1. The van der Waals surface area contributed by atoms with Crippen molar-refractivity contribution in [1.82, 2.24) is 0 Å². The second-order valence-corrected chi connectivity index (χ2v) is 5.42. The molecule has 0 aliphatic carbocycles. The molecular weight excluding hydrogens is 256 g/mol. The van der Waals surface area contributed by atoms with E-state index in [-0.39, 0.29) is 11.3 Å². The average Bonchev–Trinajstić information content (AvgIpc) is 2.90. The van der Waals surface area contributed by atoms with Gasteiger partial charge in [-0.2, -0.15) is 0 Å². The van der Waals surface area contributed by atoms with Gasteiger partial charge in [0.1, 0.15) is 5.75 Å². The van der Waals surface area contributed by atoms with Crippen LogP contribution in [0.4, 0.5) is 0 Å². The Morgan fingerprint density at radius 1 is 1.16 bits per heavy atom. The summed E-state index contributed by atoms with van der Waals surface area (Å²) in [6.07, 6.45) is 1.06. The minimum Gasteiger partial charge on any atom is -0.493 e. The zero-order valence-corrected chi connectivity index (χ0v) is 11.7. The zero-order chi connectivity index (χ0) is 13.2. The lowest BCUT2D eigenvalue weighted by Crippen LogP contribution is -2.08. The number of ether oxygens (including phenoxy) is 1. The summed E-state index contributed by atoms with van der Waals surface area (Å²) in [5.74, 6) is 1.22. The number of benzene rings is 2. The predicted molar refractivity (Wildman–Crippen MR) is 79.1 cm³/mol. The number of para-hydroxylation sites is 1. The van der Waals surface area contributed by atoms with Crippen LogP contribution in [0.3, 0.4) is 0 Å². The van der Waals surface area contributed by atoms with Gasteiger partial charge in [0, 0.05) is 11.5 Å². The highest BCUT2D eigenvalue weighted by atomic mass is 35.5. The van der Waals surface area contributed by atoms with E-state index in [1.54, 1.807) is 0 Å². The summed E-state index contributed by atoms with van der Waals surface area (Å²) in [5, 5.41) is -0.0328. The highest BCUT2D eigenvalue weighted by molar-refractivity contribution is 6.21. The Kier molecular flexibility index (Phi) is 3.48. The Labute approximate surface area is 119 Å². The molecule has 0 radical (unpaired) electrons. The largest absolute Gasteiger partial charge is 0.493 e. The second-order valence-electron chi connectivity index (χ2n) is 4.95. The Morgan fingerprint density at radius 2 is 1.89 bits per heavy atom. The van der Waals surface area contributed by atoms with E-state index < -0.39 is 0 Å². The van der Waals surface area contributed by atoms with E-state index in [1.165, 1.54) is 16.7 Å². The molecule has 19 heavy (non-hydrogen) atoms. The molecule has 0 amide bonds. The van der Waals surface area contributed by atoms with Crippen LogP contribution in [0.15, 0.2) is 48.5 Å². The van der Waals surface area contributed by atoms with Crippen LogP contribution in [0.25, 0.3) is 0 Å². The van der Waals surface area contributed by atoms with Crippen LogP contribution in [-0.2, 0) is 6.42 Å². The van der Waals surface area contributed by atoms with E-state index in [1.807, 2.05) is 18.2 Å². The molecule has 3 rings (SSSR count). The van der Waals surface area contributed by atoms with Gasteiger partial charge in [-0.05, 0) is 23.6 Å². The maximum absolute atomic E-state index is 6.66. The highest BCUT2D eigenvalue weighted by Gasteiger charge is 2.30. The van der Waals surface area contributed by atoms with Crippen LogP contribution in [0.2, 0.25) is 0 Å². The van der Waals surface area contributed by atoms with Crippen molar-refractivity contribution in [3.05, 3.63) is 65.2 Å². The third-order valence-electron chi connectivity index (χ3n) is 3.80. The van der Waals surface area contributed by atoms with E-state index in [4.69, 9.17) is 16.3 Å². The van der Waals surface area contributed by atoms with E-state index in [9.17, 15) is 0 Å². The number of hydrogen-bond acceptors (Lipinski definition) is 1. The van der Waals surface area contributed by atoms with Gasteiger partial charge in [-0.1, -0.05) is 49.4 Å². The Bertz CT molecular complexity index is 562. The molecule has 0 bridgehead atoms. The van der Waals surface area contributed by atoms with Crippen LogP contribution < -0.4 is 4.74 Å². The van der Waals surface area contributed by atoms with E-state index in [0.717, 1.165) is 12.2 Å². The first kappa shape index (κ1) is 12.6. The minimum atomic E-state index is -0.0328. The van der Waals surface area contributed by atoms with Crippen LogP contribution in [0.5, 0.6) is 5.75 Å². The fourth-order valence-electron chi connectivity index (χ4n) is 2.60. The number of alkyl halides is 1. The molecular formula is C17H17ClO. The third-order valence-corrected chi connectivity index (χ3v) is 4.35. The molecule has 0 spiro atoms. The van der Waals surface area contributed by atoms with Gasteiger partial charge in [0.25, 0.3) is 0 Å². The fraction of sp³-hybridized carbons (Fsp3) is 0.294. The molecule has 0 saturated heterocycles. The van der Waals surface area contributed by atoms with E-state index >= 15 is 0 Å². The van der Waals surface area contributed by atoms with Crippen LogP contribution in [-0.4, -0.2) is 6.61 Å². The standard InChI is InChI=1S/C17H17ClO/c1-2-12-7-9-13(10-8-12)17(18)15-11-19-16-6-4-3-5-14(15)16/h3-10,15,17H,2,11H2,1H3. The molecule has 1 nitrogen and oxygen atoms in total. The van der Waals surface area contributed by atoms with Gasteiger partial charge in [-0.3, -0.25) is 0 Å². The maximum atomic E-state index is 6.66. The molecule has 2 aromatic rings. The topological polar surface area (TPSA) is 9.23 Å². The van der Waals surface area contributed by atoms with Gasteiger partial charge in [-0.15, -0.1) is 11.6 Å². The fourth-order valence-corrected chi connectivity index (χ4v) is 2.95. The van der Waals surface area contributed by atoms with Crippen molar-refractivity contribution < 1.29 is 4.74 Å². The first-order chi connectivity index (χ1) is 9.29. The van der Waals surface area contributed by atoms with Gasteiger partial charge in [0.15, 0.2) is 0 Å². The normalized spacial score (nSPS) is 18.7. The van der Waals surface area contributed by atoms with Crippen molar-refractivity contribution in [3.8, 4) is 5.75 Å². The summed E-state index contributed by atoms with van der Waals surface area (Å²) in [7, 11) is 0. The molecule has 0 fully saturated rings. The summed E-state index contributed by atoms with van der Waals surface area (Å²) in [4.78, 5) is 0. The number of rotatable bonds is 3. The lowest BCUT2D eigenvalue weighted by Gasteiger charge is -2.17. The Balaban J connectivity index is 1.86.